The minimum atomic E-state index is 0.629. The number of amidine groups is 1. The molecule has 0 saturated carbocycles. The molecule has 3 nitrogen and oxygen atoms in total. The summed E-state index contributed by atoms with van der Waals surface area (Å²) < 4.78 is 0. The summed E-state index contributed by atoms with van der Waals surface area (Å²) >= 11 is 0. The van der Waals surface area contributed by atoms with Crippen molar-refractivity contribution in [1.82, 2.24) is 4.98 Å². The Morgan fingerprint density at radius 3 is 1.60 bits per heavy atom. The predicted octanol–water partition coefficient (Wildman–Crippen LogP) is 10.6. The van der Waals surface area contributed by atoms with E-state index < -0.39 is 0 Å². The molecule has 7 aromatic rings. The fourth-order valence-corrected chi connectivity index (χ4v) is 5.95. The Hall–Kier alpha value is -5.93. The molecule has 0 saturated heterocycles. The highest BCUT2D eigenvalue weighted by molar-refractivity contribution is 6.21. The van der Waals surface area contributed by atoms with E-state index in [4.69, 9.17) is 9.98 Å². The van der Waals surface area contributed by atoms with Gasteiger partial charge in [0.05, 0.1) is 5.70 Å². The van der Waals surface area contributed by atoms with Gasteiger partial charge in [-0.1, -0.05) is 140 Å². The molecule has 0 atom stereocenters. The maximum atomic E-state index is 5.02. The molecule has 0 fully saturated rings. The van der Waals surface area contributed by atoms with Crippen LogP contribution in [0.25, 0.3) is 49.5 Å². The molecule has 6 aromatic carbocycles. The minimum absolute atomic E-state index is 0.629. The van der Waals surface area contributed by atoms with E-state index >= 15 is 0 Å². The van der Waals surface area contributed by atoms with Gasteiger partial charge < -0.3 is 0 Å². The summed E-state index contributed by atoms with van der Waals surface area (Å²) in [6.45, 7) is 6.44. The van der Waals surface area contributed by atoms with E-state index in [0.29, 0.717) is 11.5 Å². The van der Waals surface area contributed by atoms with Crippen LogP contribution in [0.2, 0.25) is 0 Å². The third-order valence-corrected chi connectivity index (χ3v) is 8.10. The van der Waals surface area contributed by atoms with Gasteiger partial charge in [-0.05, 0) is 62.9 Å². The van der Waals surface area contributed by atoms with Crippen molar-refractivity contribution in [3.8, 4) is 22.3 Å². The van der Waals surface area contributed by atoms with Gasteiger partial charge in [-0.25, -0.2) is 9.98 Å². The topological polar surface area (TPSA) is 37.6 Å². The maximum Gasteiger partial charge on any atom is 0.160 e. The highest BCUT2D eigenvalue weighted by Gasteiger charge is 2.17. The number of pyridine rings is 1. The Balaban J connectivity index is 1.37. The summed E-state index contributed by atoms with van der Waals surface area (Å²) in [5.41, 5.74) is 9.09. The summed E-state index contributed by atoms with van der Waals surface area (Å²) in [7, 11) is 0. The van der Waals surface area contributed by atoms with Crippen molar-refractivity contribution in [2.45, 2.75) is 6.92 Å². The van der Waals surface area contributed by atoms with Crippen molar-refractivity contribution in [1.29, 1.82) is 0 Å². The van der Waals surface area contributed by atoms with Gasteiger partial charge in [0.25, 0.3) is 0 Å². The summed E-state index contributed by atoms with van der Waals surface area (Å²) in [6, 6.07) is 50.2. The van der Waals surface area contributed by atoms with E-state index in [1.807, 2.05) is 73.9 Å². The third kappa shape index (κ3) is 5.60. The van der Waals surface area contributed by atoms with E-state index in [1.165, 1.54) is 32.7 Å². The van der Waals surface area contributed by atoms with E-state index in [9.17, 15) is 0 Å². The molecule has 0 radical (unpaired) electrons. The Morgan fingerprint density at radius 2 is 1.02 bits per heavy atom. The number of hydrogen-bond donors (Lipinski definition) is 0. The zero-order valence-electron chi connectivity index (χ0n) is 25.1. The van der Waals surface area contributed by atoms with E-state index in [2.05, 4.69) is 103 Å². The van der Waals surface area contributed by atoms with E-state index in [1.54, 1.807) is 0 Å². The largest absolute Gasteiger partial charge is 0.264 e. The zero-order chi connectivity index (χ0) is 30.6. The number of benzene rings is 6. The summed E-state index contributed by atoms with van der Waals surface area (Å²) in [5, 5.41) is 4.76. The van der Waals surface area contributed by atoms with Crippen LogP contribution in [0.15, 0.2) is 175 Å². The predicted molar refractivity (Wildman–Crippen MR) is 191 cm³/mol. The molecule has 0 spiro atoms. The second-order valence-electron chi connectivity index (χ2n) is 11.0. The third-order valence-electron chi connectivity index (χ3n) is 8.10. The second-order valence-corrected chi connectivity index (χ2v) is 11.0. The number of rotatable bonds is 6. The quantitative estimate of drug-likeness (QED) is 0.110. The summed E-state index contributed by atoms with van der Waals surface area (Å²) in [5.74, 6) is 0.629. The van der Waals surface area contributed by atoms with Gasteiger partial charge in [-0.15, -0.1) is 0 Å². The molecule has 0 aliphatic carbocycles. The van der Waals surface area contributed by atoms with Crippen LogP contribution in [0, 0.1) is 0 Å². The highest BCUT2D eigenvalue weighted by atomic mass is 14.9. The lowest BCUT2D eigenvalue weighted by Crippen LogP contribution is -2.04. The number of nitrogens with zero attached hydrogens (tertiary/aromatic N) is 3. The van der Waals surface area contributed by atoms with E-state index in [-0.39, 0.29) is 0 Å². The van der Waals surface area contributed by atoms with Gasteiger partial charge in [-0.3, -0.25) is 4.98 Å². The van der Waals surface area contributed by atoms with Crippen LogP contribution < -0.4 is 0 Å². The van der Waals surface area contributed by atoms with Crippen LogP contribution in [0.3, 0.4) is 0 Å². The van der Waals surface area contributed by atoms with Crippen molar-refractivity contribution in [2.75, 3.05) is 0 Å². The minimum Gasteiger partial charge on any atom is -0.264 e. The van der Waals surface area contributed by atoms with Crippen LogP contribution in [-0.2, 0) is 0 Å². The van der Waals surface area contributed by atoms with Crippen molar-refractivity contribution >= 4 is 38.8 Å². The van der Waals surface area contributed by atoms with Gasteiger partial charge in [0.15, 0.2) is 5.84 Å². The average molecular weight is 578 g/mol. The van der Waals surface area contributed by atoms with Crippen molar-refractivity contribution < 1.29 is 0 Å². The molecule has 1 heterocycles. The fourth-order valence-electron chi connectivity index (χ4n) is 5.95. The number of aliphatic imine (C=N–C) groups is 2. The van der Waals surface area contributed by atoms with Gasteiger partial charge >= 0.3 is 0 Å². The van der Waals surface area contributed by atoms with Gasteiger partial charge in [0.1, 0.15) is 0 Å². The Bertz CT molecular complexity index is 2160. The normalized spacial score (nSPS) is 12.0. The average Bonchev–Trinajstić information content (AvgIpc) is 3.11. The molecule has 0 bridgehead atoms. The lowest BCUT2D eigenvalue weighted by atomic mass is 9.86. The van der Waals surface area contributed by atoms with Gasteiger partial charge in [0, 0.05) is 34.8 Å². The van der Waals surface area contributed by atoms with Crippen LogP contribution in [0.4, 0.5) is 0 Å². The Kier molecular flexibility index (Phi) is 7.65. The second kappa shape index (κ2) is 12.4. The number of aromatic nitrogens is 1. The molecule has 0 N–H and O–H groups in total. The zero-order valence-corrected chi connectivity index (χ0v) is 25.1. The van der Waals surface area contributed by atoms with Crippen molar-refractivity contribution in [3.63, 3.8) is 0 Å². The molecule has 214 valence electrons. The first kappa shape index (κ1) is 27.9. The van der Waals surface area contributed by atoms with Gasteiger partial charge in [-0.2, -0.15) is 0 Å². The monoisotopic (exact) mass is 577 g/mol. The fraction of sp³-hybridized carbons (Fsp3) is 0.0238. The molecule has 0 unspecified atom stereocenters. The smallest absolute Gasteiger partial charge is 0.160 e. The van der Waals surface area contributed by atoms with Crippen LogP contribution in [0.5, 0.6) is 0 Å². The SMILES string of the molecule is C=C(/N=C(\N=C(/C)c1ccccc1)c1ccccc1)c1cccc(-c2c3ccccc3c(-c3cccnc3)c3ccccc23)c1. The molecular weight excluding hydrogens is 546 g/mol. The Morgan fingerprint density at radius 1 is 0.511 bits per heavy atom. The molecular formula is C42H31N3. The van der Waals surface area contributed by atoms with Gasteiger partial charge in [0.2, 0.25) is 0 Å². The summed E-state index contributed by atoms with van der Waals surface area (Å²) in [6.07, 6.45) is 3.77. The lowest BCUT2D eigenvalue weighted by molar-refractivity contribution is 1.33. The first-order chi connectivity index (χ1) is 22.2. The first-order valence-corrected chi connectivity index (χ1v) is 15.1. The van der Waals surface area contributed by atoms with Crippen LogP contribution >= 0.6 is 0 Å². The molecule has 45 heavy (non-hydrogen) atoms. The number of hydrogen-bond acceptors (Lipinski definition) is 2. The van der Waals surface area contributed by atoms with Crippen molar-refractivity contribution in [2.24, 2.45) is 9.98 Å². The molecule has 0 amide bonds. The van der Waals surface area contributed by atoms with E-state index in [0.717, 1.165) is 33.5 Å². The summed E-state index contributed by atoms with van der Waals surface area (Å²) in [4.78, 5) is 14.4. The standard InChI is InChI=1S/C42H31N3/c1-29(31-15-5-3-6-16-31)44-42(32-17-7-4-8-18-32)45-30(2)33-19-13-20-34(27-33)40-36-22-9-11-24-38(36)41(35-21-14-26-43-28-35)39-25-12-10-23-37(39)40/h3-28H,2H2,1H3/b44-29+,45-42-. The lowest BCUT2D eigenvalue weighted by Gasteiger charge is -2.18. The molecule has 0 aliphatic rings. The highest BCUT2D eigenvalue weighted by Crippen LogP contribution is 2.43. The van der Waals surface area contributed by atoms with Crippen LogP contribution in [-0.4, -0.2) is 16.5 Å². The molecule has 7 rings (SSSR count). The maximum absolute atomic E-state index is 5.02. The molecule has 0 aliphatic heterocycles. The number of fused-ring (bicyclic) bond motifs is 2. The molecule has 1 aromatic heterocycles. The van der Waals surface area contributed by atoms with Crippen LogP contribution in [0.1, 0.15) is 23.6 Å². The molecule has 3 heteroatoms. The first-order valence-electron chi connectivity index (χ1n) is 15.1. The Labute approximate surface area is 263 Å². The van der Waals surface area contributed by atoms with Crippen molar-refractivity contribution in [3.05, 3.63) is 181 Å².